The minimum Gasteiger partial charge on any atom is -0.493 e. The Balaban J connectivity index is 0.00000208. The number of anilines is 1. The van der Waals surface area contributed by atoms with Crippen molar-refractivity contribution in [2.45, 2.75) is 26.3 Å². The van der Waals surface area contributed by atoms with E-state index >= 15 is 0 Å². The van der Waals surface area contributed by atoms with E-state index in [0.717, 1.165) is 29.5 Å². The first-order chi connectivity index (χ1) is 11.2. The molecule has 2 aromatic carbocycles. The number of aliphatic imine (C=N–C) groups is 1. The van der Waals surface area contributed by atoms with Gasteiger partial charge in [-0.15, -0.1) is 24.0 Å². The highest BCUT2D eigenvalue weighted by molar-refractivity contribution is 14.0. The second-order valence-corrected chi connectivity index (χ2v) is 6.05. The molecule has 0 aromatic heterocycles. The molecule has 3 N–H and O–H groups in total. The molecular weight excluding hydrogens is 413 g/mol. The van der Waals surface area contributed by atoms with Gasteiger partial charge in [-0.2, -0.15) is 0 Å². The molecule has 0 amide bonds. The second kappa shape index (κ2) is 8.92. The van der Waals surface area contributed by atoms with Gasteiger partial charge in [0, 0.05) is 11.3 Å². The zero-order chi connectivity index (χ0) is 16.1. The predicted octanol–water partition coefficient (Wildman–Crippen LogP) is 4.33. The smallest absolute Gasteiger partial charge is 0.193 e. The van der Waals surface area contributed by atoms with Crippen molar-refractivity contribution >= 4 is 35.6 Å². The van der Waals surface area contributed by atoms with Gasteiger partial charge in [-0.3, -0.25) is 0 Å². The van der Waals surface area contributed by atoms with Crippen LogP contribution >= 0.6 is 24.0 Å². The summed E-state index contributed by atoms with van der Waals surface area (Å²) in [5.41, 5.74) is 9.18. The van der Waals surface area contributed by atoms with E-state index in [4.69, 9.17) is 10.5 Å². The van der Waals surface area contributed by atoms with E-state index in [1.54, 1.807) is 0 Å². The molecule has 4 nitrogen and oxygen atoms in total. The Morgan fingerprint density at radius 3 is 2.58 bits per heavy atom. The summed E-state index contributed by atoms with van der Waals surface area (Å²) in [7, 11) is 0. The number of rotatable bonds is 6. The fraction of sp³-hybridized carbons (Fsp3) is 0.316. The Morgan fingerprint density at radius 2 is 1.88 bits per heavy atom. The molecule has 24 heavy (non-hydrogen) atoms. The van der Waals surface area contributed by atoms with Gasteiger partial charge >= 0.3 is 0 Å². The molecule has 5 heteroatoms. The monoisotopic (exact) mass is 437 g/mol. The number of guanidine groups is 1. The molecule has 0 spiro atoms. The van der Waals surface area contributed by atoms with E-state index in [1.165, 1.54) is 18.4 Å². The van der Waals surface area contributed by atoms with Crippen molar-refractivity contribution in [3.63, 3.8) is 0 Å². The van der Waals surface area contributed by atoms with Crippen molar-refractivity contribution in [1.29, 1.82) is 0 Å². The van der Waals surface area contributed by atoms with E-state index in [0.29, 0.717) is 12.5 Å². The Labute approximate surface area is 160 Å². The number of nitrogens with two attached hydrogens (primary N) is 1. The maximum Gasteiger partial charge on any atom is 0.193 e. The van der Waals surface area contributed by atoms with Crippen LogP contribution in [-0.4, -0.2) is 12.6 Å². The summed E-state index contributed by atoms with van der Waals surface area (Å²) < 4.78 is 5.89. The van der Waals surface area contributed by atoms with Crippen LogP contribution in [0.3, 0.4) is 0 Å². The molecule has 128 valence electrons. The summed E-state index contributed by atoms with van der Waals surface area (Å²) in [4.78, 5) is 4.42. The van der Waals surface area contributed by atoms with Crippen molar-refractivity contribution in [2.75, 3.05) is 11.9 Å². The topological polar surface area (TPSA) is 59.6 Å². The number of halogens is 1. The summed E-state index contributed by atoms with van der Waals surface area (Å²) in [6, 6.07) is 16.1. The molecule has 0 heterocycles. The maximum atomic E-state index is 5.97. The first-order valence-corrected chi connectivity index (χ1v) is 8.05. The first-order valence-electron chi connectivity index (χ1n) is 8.05. The Bertz CT molecular complexity index is 681. The molecule has 1 saturated carbocycles. The van der Waals surface area contributed by atoms with Gasteiger partial charge in [0.25, 0.3) is 0 Å². The number of nitrogens with one attached hydrogen (secondary N) is 1. The van der Waals surface area contributed by atoms with Gasteiger partial charge in [-0.25, -0.2) is 4.99 Å². The van der Waals surface area contributed by atoms with Crippen molar-refractivity contribution in [2.24, 2.45) is 16.6 Å². The van der Waals surface area contributed by atoms with Crippen LogP contribution in [0.4, 0.5) is 5.69 Å². The lowest BCUT2D eigenvalue weighted by molar-refractivity contribution is 0.297. The molecule has 1 aliphatic carbocycles. The largest absolute Gasteiger partial charge is 0.493 e. The predicted molar refractivity (Wildman–Crippen MR) is 110 cm³/mol. The molecule has 0 saturated heterocycles. The van der Waals surface area contributed by atoms with E-state index in [2.05, 4.69) is 17.2 Å². The van der Waals surface area contributed by atoms with Gasteiger partial charge in [0.2, 0.25) is 0 Å². The van der Waals surface area contributed by atoms with Crippen LogP contribution in [0.5, 0.6) is 5.75 Å². The highest BCUT2D eigenvalue weighted by atomic mass is 127. The zero-order valence-electron chi connectivity index (χ0n) is 13.9. The van der Waals surface area contributed by atoms with E-state index in [1.807, 2.05) is 48.5 Å². The van der Waals surface area contributed by atoms with Crippen LogP contribution in [0.25, 0.3) is 0 Å². The highest BCUT2D eigenvalue weighted by Crippen LogP contribution is 2.30. The van der Waals surface area contributed by atoms with Crippen molar-refractivity contribution in [3.05, 3.63) is 59.7 Å². The van der Waals surface area contributed by atoms with E-state index < -0.39 is 0 Å². The lowest BCUT2D eigenvalue weighted by Gasteiger charge is -2.10. The number of hydrogen-bond donors (Lipinski definition) is 2. The van der Waals surface area contributed by atoms with Crippen molar-refractivity contribution in [1.82, 2.24) is 0 Å². The maximum absolute atomic E-state index is 5.97. The fourth-order valence-electron chi connectivity index (χ4n) is 2.26. The molecule has 2 aromatic rings. The number of para-hydroxylation sites is 1. The molecule has 3 rings (SSSR count). The summed E-state index contributed by atoms with van der Waals surface area (Å²) >= 11 is 0. The SMILES string of the molecule is Cc1ccc(NC(N)=NCc2ccccc2OCC2CC2)cc1.I. The van der Waals surface area contributed by atoms with Crippen LogP contribution in [0, 0.1) is 12.8 Å². The standard InChI is InChI=1S/C19H23N3O.HI/c1-14-6-10-17(11-7-14)22-19(20)21-12-16-4-2-3-5-18(16)23-13-15-8-9-15;/h2-7,10-11,15H,8-9,12-13H2,1H3,(H3,20,21,22);1H. The number of aryl methyl sites for hydroxylation is 1. The number of hydrogen-bond acceptors (Lipinski definition) is 2. The third-order valence-electron chi connectivity index (χ3n) is 3.89. The molecule has 0 bridgehead atoms. The average molecular weight is 437 g/mol. The van der Waals surface area contributed by atoms with Gasteiger partial charge in [-0.05, 0) is 43.9 Å². The zero-order valence-corrected chi connectivity index (χ0v) is 16.2. The van der Waals surface area contributed by atoms with Crippen molar-refractivity contribution in [3.8, 4) is 5.75 Å². The minimum absolute atomic E-state index is 0. The van der Waals surface area contributed by atoms with E-state index in [-0.39, 0.29) is 24.0 Å². The van der Waals surface area contributed by atoms with Crippen LogP contribution in [0.2, 0.25) is 0 Å². The first kappa shape index (κ1) is 18.6. The average Bonchev–Trinajstić information content (AvgIpc) is 3.38. The van der Waals surface area contributed by atoms with Gasteiger partial charge < -0.3 is 15.8 Å². The molecule has 0 unspecified atom stereocenters. The summed E-state index contributed by atoms with van der Waals surface area (Å²) in [5, 5.41) is 3.11. The lowest BCUT2D eigenvalue weighted by atomic mass is 10.2. The normalized spacial score (nSPS) is 14.0. The third-order valence-corrected chi connectivity index (χ3v) is 3.89. The molecular formula is C19H24IN3O. The van der Waals surface area contributed by atoms with Gasteiger partial charge in [0.15, 0.2) is 5.96 Å². The molecule has 1 aliphatic rings. The molecule has 0 radical (unpaired) electrons. The lowest BCUT2D eigenvalue weighted by Crippen LogP contribution is -2.22. The third kappa shape index (κ3) is 5.70. The van der Waals surface area contributed by atoms with Gasteiger partial charge in [-0.1, -0.05) is 35.9 Å². The van der Waals surface area contributed by atoms with E-state index in [9.17, 15) is 0 Å². The quantitative estimate of drug-likeness (QED) is 0.402. The number of nitrogens with zero attached hydrogens (tertiary/aromatic N) is 1. The number of ether oxygens (including phenoxy) is 1. The summed E-state index contributed by atoms with van der Waals surface area (Å²) in [5.74, 6) is 2.05. The number of benzene rings is 2. The Hall–Kier alpha value is -1.76. The summed E-state index contributed by atoms with van der Waals surface area (Å²) in [6.45, 7) is 3.36. The second-order valence-electron chi connectivity index (χ2n) is 6.05. The Morgan fingerprint density at radius 1 is 1.17 bits per heavy atom. The molecule has 0 aliphatic heterocycles. The van der Waals surface area contributed by atoms with Crippen LogP contribution < -0.4 is 15.8 Å². The molecule has 1 fully saturated rings. The van der Waals surface area contributed by atoms with Crippen LogP contribution in [-0.2, 0) is 6.54 Å². The van der Waals surface area contributed by atoms with Gasteiger partial charge in [0.05, 0.1) is 13.2 Å². The van der Waals surface area contributed by atoms with Crippen LogP contribution in [0.1, 0.15) is 24.0 Å². The Kier molecular flexibility index (Phi) is 6.90. The fourth-order valence-corrected chi connectivity index (χ4v) is 2.26. The van der Waals surface area contributed by atoms with Gasteiger partial charge in [0.1, 0.15) is 5.75 Å². The molecule has 0 atom stereocenters. The van der Waals surface area contributed by atoms with Crippen molar-refractivity contribution < 1.29 is 4.74 Å². The summed E-state index contributed by atoms with van der Waals surface area (Å²) in [6.07, 6.45) is 2.57. The van der Waals surface area contributed by atoms with Crippen LogP contribution in [0.15, 0.2) is 53.5 Å². The minimum atomic E-state index is 0. The highest BCUT2D eigenvalue weighted by Gasteiger charge is 2.22.